The molecule has 1 aromatic carbocycles. The zero-order valence-corrected chi connectivity index (χ0v) is 7.88. The van der Waals surface area contributed by atoms with Crippen molar-refractivity contribution in [2.75, 3.05) is 19.0 Å². The molecule has 1 unspecified atom stereocenters. The highest BCUT2D eigenvalue weighted by atomic mass is 19.1. The molecule has 0 bridgehead atoms. The average molecular weight is 183 g/mol. The van der Waals surface area contributed by atoms with Gasteiger partial charge in [0.05, 0.1) is 6.10 Å². The van der Waals surface area contributed by atoms with Gasteiger partial charge in [-0.3, -0.25) is 0 Å². The minimum Gasteiger partial charge on any atom is -0.382 e. The first kappa shape index (κ1) is 9.99. The van der Waals surface area contributed by atoms with Crippen LogP contribution in [0.15, 0.2) is 24.3 Å². The van der Waals surface area contributed by atoms with Crippen LogP contribution in [-0.2, 0) is 4.74 Å². The molecule has 0 saturated carbocycles. The largest absolute Gasteiger partial charge is 0.382 e. The third-order valence-corrected chi connectivity index (χ3v) is 1.82. The van der Waals surface area contributed by atoms with E-state index in [0.29, 0.717) is 6.54 Å². The normalized spacial score (nSPS) is 12.5. The molecule has 0 saturated heterocycles. The molecule has 0 aliphatic carbocycles. The van der Waals surface area contributed by atoms with Crippen LogP contribution in [0.5, 0.6) is 0 Å². The van der Waals surface area contributed by atoms with Gasteiger partial charge < -0.3 is 10.1 Å². The molecule has 0 heterocycles. The molecular weight excluding hydrogens is 169 g/mol. The molecule has 13 heavy (non-hydrogen) atoms. The van der Waals surface area contributed by atoms with Crippen LogP contribution in [0.2, 0.25) is 0 Å². The van der Waals surface area contributed by atoms with Crippen molar-refractivity contribution < 1.29 is 9.13 Å². The summed E-state index contributed by atoms with van der Waals surface area (Å²) in [4.78, 5) is 0. The van der Waals surface area contributed by atoms with Crippen LogP contribution in [0.4, 0.5) is 10.1 Å². The van der Waals surface area contributed by atoms with Gasteiger partial charge in [0.25, 0.3) is 0 Å². The molecule has 0 amide bonds. The molecule has 0 aliphatic heterocycles. The van der Waals surface area contributed by atoms with Crippen LogP contribution in [0, 0.1) is 5.82 Å². The molecular formula is C10H14FNO. The lowest BCUT2D eigenvalue weighted by Crippen LogP contribution is -2.17. The van der Waals surface area contributed by atoms with Gasteiger partial charge in [0, 0.05) is 19.3 Å². The predicted octanol–water partition coefficient (Wildman–Crippen LogP) is 2.27. The first-order valence-electron chi connectivity index (χ1n) is 4.24. The van der Waals surface area contributed by atoms with Gasteiger partial charge in [-0.1, -0.05) is 6.07 Å². The van der Waals surface area contributed by atoms with Crippen molar-refractivity contribution in [3.63, 3.8) is 0 Å². The number of hydrogen-bond acceptors (Lipinski definition) is 2. The number of halogens is 1. The Balaban J connectivity index is 2.45. The molecule has 0 radical (unpaired) electrons. The Hall–Kier alpha value is -1.09. The summed E-state index contributed by atoms with van der Waals surface area (Å²) in [6, 6.07) is 6.38. The molecule has 1 rings (SSSR count). The first-order chi connectivity index (χ1) is 6.22. The highest BCUT2D eigenvalue weighted by molar-refractivity contribution is 5.42. The van der Waals surface area contributed by atoms with Crippen molar-refractivity contribution >= 4 is 5.69 Å². The fourth-order valence-electron chi connectivity index (χ4n) is 0.943. The summed E-state index contributed by atoms with van der Waals surface area (Å²) in [6.45, 7) is 2.63. The van der Waals surface area contributed by atoms with Crippen LogP contribution in [0.25, 0.3) is 0 Å². The Labute approximate surface area is 77.7 Å². The Kier molecular flexibility index (Phi) is 3.71. The second kappa shape index (κ2) is 4.82. The zero-order valence-electron chi connectivity index (χ0n) is 7.88. The SMILES string of the molecule is COC(C)CNc1cccc(F)c1. The fraction of sp³-hybridized carbons (Fsp3) is 0.400. The second-order valence-corrected chi connectivity index (χ2v) is 2.94. The van der Waals surface area contributed by atoms with Crippen LogP contribution >= 0.6 is 0 Å². The number of anilines is 1. The predicted molar refractivity (Wildman–Crippen MR) is 51.4 cm³/mol. The molecule has 3 heteroatoms. The topological polar surface area (TPSA) is 21.3 Å². The van der Waals surface area contributed by atoms with E-state index in [0.717, 1.165) is 5.69 Å². The Morgan fingerprint density at radius 2 is 2.31 bits per heavy atom. The summed E-state index contributed by atoms with van der Waals surface area (Å²) in [5.74, 6) is -0.227. The number of hydrogen-bond donors (Lipinski definition) is 1. The summed E-state index contributed by atoms with van der Waals surface area (Å²) in [5, 5.41) is 3.07. The third-order valence-electron chi connectivity index (χ3n) is 1.82. The molecule has 0 aromatic heterocycles. The van der Waals surface area contributed by atoms with Gasteiger partial charge in [0.2, 0.25) is 0 Å². The Morgan fingerprint density at radius 3 is 2.92 bits per heavy atom. The molecule has 1 N–H and O–H groups in total. The molecule has 0 aliphatic rings. The Morgan fingerprint density at radius 1 is 1.54 bits per heavy atom. The van der Waals surface area contributed by atoms with Crippen LogP contribution in [0.3, 0.4) is 0 Å². The van der Waals surface area contributed by atoms with Gasteiger partial charge in [0.15, 0.2) is 0 Å². The summed E-state index contributed by atoms with van der Waals surface area (Å²) < 4.78 is 17.7. The van der Waals surface area contributed by atoms with Gasteiger partial charge in [-0.2, -0.15) is 0 Å². The number of methoxy groups -OCH3 is 1. The minimum atomic E-state index is -0.227. The van der Waals surface area contributed by atoms with Gasteiger partial charge in [-0.05, 0) is 25.1 Å². The van der Waals surface area contributed by atoms with E-state index < -0.39 is 0 Å². The summed E-state index contributed by atoms with van der Waals surface area (Å²) in [6.07, 6.45) is 0.128. The summed E-state index contributed by atoms with van der Waals surface area (Å²) in [5.41, 5.74) is 0.781. The maximum absolute atomic E-state index is 12.7. The maximum atomic E-state index is 12.7. The van der Waals surface area contributed by atoms with E-state index in [1.165, 1.54) is 12.1 Å². The van der Waals surface area contributed by atoms with Gasteiger partial charge in [-0.25, -0.2) is 4.39 Å². The van der Waals surface area contributed by atoms with E-state index in [1.807, 2.05) is 13.0 Å². The van der Waals surface area contributed by atoms with Crippen LogP contribution in [0.1, 0.15) is 6.92 Å². The molecule has 0 spiro atoms. The quantitative estimate of drug-likeness (QED) is 0.773. The highest BCUT2D eigenvalue weighted by Crippen LogP contribution is 2.08. The Bertz CT molecular complexity index is 265. The third kappa shape index (κ3) is 3.42. The molecule has 1 aromatic rings. The van der Waals surface area contributed by atoms with Crippen LogP contribution in [-0.4, -0.2) is 19.8 Å². The molecule has 72 valence electrons. The van der Waals surface area contributed by atoms with Crippen molar-refractivity contribution in [1.82, 2.24) is 0 Å². The lowest BCUT2D eigenvalue weighted by Gasteiger charge is -2.11. The van der Waals surface area contributed by atoms with Gasteiger partial charge in [0.1, 0.15) is 5.82 Å². The monoisotopic (exact) mass is 183 g/mol. The lowest BCUT2D eigenvalue weighted by atomic mass is 10.3. The van der Waals surface area contributed by atoms with Crippen molar-refractivity contribution in [2.24, 2.45) is 0 Å². The number of benzene rings is 1. The standard InChI is InChI=1S/C10H14FNO/c1-8(13-2)7-12-10-5-3-4-9(11)6-10/h3-6,8,12H,7H2,1-2H3. The van der Waals surface area contributed by atoms with E-state index >= 15 is 0 Å². The number of ether oxygens (including phenoxy) is 1. The molecule has 2 nitrogen and oxygen atoms in total. The summed E-state index contributed by atoms with van der Waals surface area (Å²) in [7, 11) is 1.65. The summed E-state index contributed by atoms with van der Waals surface area (Å²) >= 11 is 0. The second-order valence-electron chi connectivity index (χ2n) is 2.94. The van der Waals surface area contributed by atoms with Crippen molar-refractivity contribution in [3.05, 3.63) is 30.1 Å². The number of nitrogens with one attached hydrogen (secondary N) is 1. The van der Waals surface area contributed by atoms with E-state index in [4.69, 9.17) is 4.74 Å². The van der Waals surface area contributed by atoms with Crippen LogP contribution < -0.4 is 5.32 Å². The first-order valence-corrected chi connectivity index (χ1v) is 4.24. The maximum Gasteiger partial charge on any atom is 0.125 e. The van der Waals surface area contributed by atoms with E-state index in [2.05, 4.69) is 5.32 Å². The fourth-order valence-corrected chi connectivity index (χ4v) is 0.943. The zero-order chi connectivity index (χ0) is 9.68. The molecule has 0 fully saturated rings. The van der Waals surface area contributed by atoms with Gasteiger partial charge >= 0.3 is 0 Å². The van der Waals surface area contributed by atoms with Gasteiger partial charge in [-0.15, -0.1) is 0 Å². The number of rotatable bonds is 4. The lowest BCUT2D eigenvalue weighted by molar-refractivity contribution is 0.129. The van der Waals surface area contributed by atoms with E-state index in [1.54, 1.807) is 13.2 Å². The average Bonchev–Trinajstić information content (AvgIpc) is 2.14. The van der Waals surface area contributed by atoms with Crippen molar-refractivity contribution in [2.45, 2.75) is 13.0 Å². The molecule has 1 atom stereocenters. The van der Waals surface area contributed by atoms with Crippen molar-refractivity contribution in [1.29, 1.82) is 0 Å². The van der Waals surface area contributed by atoms with Crippen molar-refractivity contribution in [3.8, 4) is 0 Å². The minimum absolute atomic E-state index is 0.128. The van der Waals surface area contributed by atoms with E-state index in [9.17, 15) is 4.39 Å². The van der Waals surface area contributed by atoms with E-state index in [-0.39, 0.29) is 11.9 Å². The highest BCUT2D eigenvalue weighted by Gasteiger charge is 1.99. The smallest absolute Gasteiger partial charge is 0.125 e.